The quantitative estimate of drug-likeness (QED) is 0.599. The molecule has 1 saturated heterocycles. The maximum absolute atomic E-state index is 12.5. The molecule has 1 aromatic heterocycles. The molecule has 0 bridgehead atoms. The summed E-state index contributed by atoms with van der Waals surface area (Å²) in [4.78, 5) is 30.7. The largest absolute Gasteiger partial charge is 0.337 e. The van der Waals surface area contributed by atoms with Gasteiger partial charge in [0.05, 0.1) is 18.3 Å². The molecule has 124 valence electrons. The Labute approximate surface area is 137 Å². The maximum atomic E-state index is 12.5. The van der Waals surface area contributed by atoms with Gasteiger partial charge in [0.2, 0.25) is 5.78 Å². The molecule has 1 aromatic rings. The van der Waals surface area contributed by atoms with Crippen LogP contribution in [0.2, 0.25) is 0 Å². The molecule has 0 saturated carbocycles. The SMILES string of the molecule is CCC1C(=O)C(=O)N(CCCn2ccnc2)C1C1=CCCCC1. The van der Waals surface area contributed by atoms with E-state index < -0.39 is 0 Å². The Bertz CT molecular complexity index is 591. The van der Waals surface area contributed by atoms with Crippen LogP contribution in [0.25, 0.3) is 0 Å². The molecular formula is C18H25N3O2. The third-order valence-corrected chi connectivity index (χ3v) is 5.05. The van der Waals surface area contributed by atoms with E-state index in [-0.39, 0.29) is 23.7 Å². The van der Waals surface area contributed by atoms with Crippen molar-refractivity contribution in [2.45, 2.75) is 58.0 Å². The Morgan fingerprint density at radius 3 is 2.78 bits per heavy atom. The van der Waals surface area contributed by atoms with Gasteiger partial charge in [0.25, 0.3) is 5.91 Å². The molecule has 0 radical (unpaired) electrons. The minimum absolute atomic E-state index is 0.00286. The summed E-state index contributed by atoms with van der Waals surface area (Å²) in [7, 11) is 0. The summed E-state index contributed by atoms with van der Waals surface area (Å²) in [5, 5.41) is 0. The highest BCUT2D eigenvalue weighted by Crippen LogP contribution is 2.35. The Hall–Kier alpha value is -1.91. The molecule has 5 nitrogen and oxygen atoms in total. The van der Waals surface area contributed by atoms with E-state index in [4.69, 9.17) is 0 Å². The number of likely N-dealkylation sites (tertiary alicyclic amines) is 1. The number of nitrogens with zero attached hydrogens (tertiary/aromatic N) is 3. The smallest absolute Gasteiger partial charge is 0.290 e. The number of aryl methyl sites for hydroxylation is 1. The van der Waals surface area contributed by atoms with Crippen molar-refractivity contribution in [2.24, 2.45) is 5.92 Å². The molecule has 1 amide bonds. The highest BCUT2D eigenvalue weighted by Gasteiger charge is 2.47. The van der Waals surface area contributed by atoms with Crippen LogP contribution in [0.4, 0.5) is 0 Å². The molecule has 5 heteroatoms. The summed E-state index contributed by atoms with van der Waals surface area (Å²) in [5.41, 5.74) is 1.31. The second-order valence-corrected chi connectivity index (χ2v) is 6.50. The van der Waals surface area contributed by atoms with E-state index in [9.17, 15) is 9.59 Å². The molecule has 2 unspecified atom stereocenters. The van der Waals surface area contributed by atoms with Gasteiger partial charge in [0.1, 0.15) is 0 Å². The molecule has 23 heavy (non-hydrogen) atoms. The van der Waals surface area contributed by atoms with Crippen LogP contribution in [0.3, 0.4) is 0 Å². The fourth-order valence-corrected chi connectivity index (χ4v) is 3.87. The minimum Gasteiger partial charge on any atom is -0.337 e. The molecule has 1 fully saturated rings. The van der Waals surface area contributed by atoms with Crippen LogP contribution < -0.4 is 0 Å². The number of rotatable bonds is 6. The maximum Gasteiger partial charge on any atom is 0.290 e. The average molecular weight is 315 g/mol. The molecule has 2 atom stereocenters. The van der Waals surface area contributed by atoms with Gasteiger partial charge in [0.15, 0.2) is 0 Å². The topological polar surface area (TPSA) is 55.2 Å². The lowest BCUT2D eigenvalue weighted by Crippen LogP contribution is -2.38. The zero-order valence-electron chi connectivity index (χ0n) is 13.8. The average Bonchev–Trinajstić information content (AvgIpc) is 3.17. The fourth-order valence-electron chi connectivity index (χ4n) is 3.87. The molecular weight excluding hydrogens is 290 g/mol. The summed E-state index contributed by atoms with van der Waals surface area (Å²) >= 11 is 0. The van der Waals surface area contributed by atoms with Crippen molar-refractivity contribution in [3.8, 4) is 0 Å². The zero-order valence-corrected chi connectivity index (χ0v) is 13.8. The van der Waals surface area contributed by atoms with Gasteiger partial charge in [-0.3, -0.25) is 9.59 Å². The van der Waals surface area contributed by atoms with Crippen molar-refractivity contribution in [2.75, 3.05) is 6.54 Å². The number of amides is 1. The minimum atomic E-state index is -0.279. The van der Waals surface area contributed by atoms with E-state index in [0.717, 1.165) is 32.2 Å². The number of hydrogen-bond donors (Lipinski definition) is 0. The van der Waals surface area contributed by atoms with Gasteiger partial charge in [-0.15, -0.1) is 0 Å². The first-order valence-corrected chi connectivity index (χ1v) is 8.72. The molecule has 0 N–H and O–H groups in total. The van der Waals surface area contributed by atoms with E-state index in [1.807, 2.05) is 22.6 Å². The Kier molecular flexibility index (Phi) is 4.94. The van der Waals surface area contributed by atoms with Gasteiger partial charge in [-0.1, -0.05) is 18.6 Å². The lowest BCUT2D eigenvalue weighted by atomic mass is 9.85. The van der Waals surface area contributed by atoms with Crippen molar-refractivity contribution < 1.29 is 9.59 Å². The Morgan fingerprint density at radius 1 is 1.26 bits per heavy atom. The third-order valence-electron chi connectivity index (χ3n) is 5.05. The summed E-state index contributed by atoms with van der Waals surface area (Å²) in [5.74, 6) is -0.620. The third kappa shape index (κ3) is 3.23. The summed E-state index contributed by atoms with van der Waals surface area (Å²) in [6, 6.07) is 0.00286. The number of carbonyl (C=O) groups excluding carboxylic acids is 2. The van der Waals surface area contributed by atoms with Crippen LogP contribution in [0, 0.1) is 5.92 Å². The van der Waals surface area contributed by atoms with Gasteiger partial charge >= 0.3 is 0 Å². The van der Waals surface area contributed by atoms with Crippen LogP contribution in [0.5, 0.6) is 0 Å². The number of aromatic nitrogens is 2. The number of Topliss-reactive ketones (excluding diaryl/α,β-unsaturated/α-hetero) is 1. The standard InChI is InChI=1S/C18H25N3O2/c1-2-15-16(14-7-4-3-5-8-14)21(18(23)17(15)22)11-6-10-20-12-9-19-13-20/h7,9,12-13,15-16H,2-6,8,10-11H2,1H3. The molecule has 2 aliphatic rings. The Balaban J connectivity index is 1.72. The lowest BCUT2D eigenvalue weighted by Gasteiger charge is -2.31. The highest BCUT2D eigenvalue weighted by molar-refractivity contribution is 6.39. The van der Waals surface area contributed by atoms with E-state index in [1.54, 1.807) is 12.5 Å². The number of hydrogen-bond acceptors (Lipinski definition) is 3. The molecule has 2 heterocycles. The predicted molar refractivity (Wildman–Crippen MR) is 87.7 cm³/mol. The number of allylic oxidation sites excluding steroid dienone is 1. The van der Waals surface area contributed by atoms with Gasteiger partial charge in [-0.05, 0) is 38.5 Å². The zero-order chi connectivity index (χ0) is 16.2. The molecule has 0 aromatic carbocycles. The number of ketones is 1. The van der Waals surface area contributed by atoms with Crippen molar-refractivity contribution >= 4 is 11.7 Å². The highest BCUT2D eigenvalue weighted by atomic mass is 16.2. The van der Waals surface area contributed by atoms with Gasteiger partial charge in [-0.2, -0.15) is 0 Å². The predicted octanol–water partition coefficient (Wildman–Crippen LogP) is 2.58. The van der Waals surface area contributed by atoms with Crippen LogP contribution in [-0.4, -0.2) is 38.7 Å². The van der Waals surface area contributed by atoms with Gasteiger partial charge < -0.3 is 9.47 Å². The van der Waals surface area contributed by atoms with Crippen LogP contribution in [-0.2, 0) is 16.1 Å². The first kappa shape index (κ1) is 16.0. The molecule has 1 aliphatic heterocycles. The monoisotopic (exact) mass is 315 g/mol. The van der Waals surface area contributed by atoms with Crippen molar-refractivity contribution in [3.05, 3.63) is 30.4 Å². The number of imidazole rings is 1. The fraction of sp³-hybridized carbons (Fsp3) is 0.611. The molecule has 1 aliphatic carbocycles. The van der Waals surface area contributed by atoms with Crippen molar-refractivity contribution in [1.82, 2.24) is 14.5 Å². The number of carbonyl (C=O) groups is 2. The molecule has 3 rings (SSSR count). The first-order valence-electron chi connectivity index (χ1n) is 8.72. The summed E-state index contributed by atoms with van der Waals surface area (Å²) in [6.07, 6.45) is 13.8. The van der Waals surface area contributed by atoms with Gasteiger partial charge in [-0.25, -0.2) is 4.98 Å². The second kappa shape index (κ2) is 7.11. The van der Waals surface area contributed by atoms with Gasteiger partial charge in [0, 0.05) is 25.5 Å². The first-order chi connectivity index (χ1) is 11.2. The molecule has 0 spiro atoms. The van der Waals surface area contributed by atoms with E-state index in [0.29, 0.717) is 6.54 Å². The Morgan fingerprint density at radius 2 is 2.13 bits per heavy atom. The van der Waals surface area contributed by atoms with Crippen molar-refractivity contribution in [3.63, 3.8) is 0 Å². The van der Waals surface area contributed by atoms with Crippen LogP contribution in [0.1, 0.15) is 45.4 Å². The van der Waals surface area contributed by atoms with Crippen LogP contribution >= 0.6 is 0 Å². The van der Waals surface area contributed by atoms with E-state index in [1.165, 1.54) is 18.4 Å². The summed E-state index contributed by atoms with van der Waals surface area (Å²) < 4.78 is 2.01. The lowest BCUT2D eigenvalue weighted by molar-refractivity contribution is -0.141. The van der Waals surface area contributed by atoms with Crippen molar-refractivity contribution in [1.29, 1.82) is 0 Å². The van der Waals surface area contributed by atoms with E-state index in [2.05, 4.69) is 11.1 Å². The second-order valence-electron chi connectivity index (χ2n) is 6.50. The summed E-state index contributed by atoms with van der Waals surface area (Å²) in [6.45, 7) is 3.48. The normalized spacial score (nSPS) is 25.1. The van der Waals surface area contributed by atoms with E-state index >= 15 is 0 Å². The van der Waals surface area contributed by atoms with Crippen LogP contribution in [0.15, 0.2) is 30.4 Å².